The van der Waals surface area contributed by atoms with Crippen LogP contribution in [0.1, 0.15) is 33.6 Å². The van der Waals surface area contributed by atoms with E-state index in [4.69, 9.17) is 5.11 Å². The molecule has 8 heteroatoms. The van der Waals surface area contributed by atoms with Crippen LogP contribution in [0.25, 0.3) is 0 Å². The number of piperidine rings is 1. The van der Waals surface area contributed by atoms with Crippen molar-refractivity contribution in [2.45, 2.75) is 39.2 Å². The van der Waals surface area contributed by atoms with Crippen molar-refractivity contribution in [1.82, 2.24) is 9.21 Å². The fourth-order valence-corrected chi connectivity index (χ4v) is 3.39. The number of amides is 1. The van der Waals surface area contributed by atoms with Crippen LogP contribution in [-0.2, 0) is 19.6 Å². The molecule has 7 nitrogen and oxygen atoms in total. The molecule has 0 spiro atoms. The van der Waals surface area contributed by atoms with Gasteiger partial charge >= 0.3 is 5.97 Å². The molecule has 0 radical (unpaired) electrons. The van der Waals surface area contributed by atoms with E-state index in [-0.39, 0.29) is 17.6 Å². The van der Waals surface area contributed by atoms with E-state index in [1.807, 2.05) is 0 Å². The maximum atomic E-state index is 12.4. The first-order valence-corrected chi connectivity index (χ1v) is 8.63. The number of carbonyl (C=O) groups is 2. The van der Waals surface area contributed by atoms with Crippen molar-refractivity contribution in [3.05, 3.63) is 0 Å². The van der Waals surface area contributed by atoms with Crippen LogP contribution in [0.4, 0.5) is 0 Å². The molecule has 0 bridgehead atoms. The summed E-state index contributed by atoms with van der Waals surface area (Å²) in [4.78, 5) is 24.8. The second-order valence-electron chi connectivity index (χ2n) is 5.84. The van der Waals surface area contributed by atoms with Crippen LogP contribution < -0.4 is 0 Å². The van der Waals surface area contributed by atoms with Gasteiger partial charge in [-0.1, -0.05) is 0 Å². The molecule has 0 atom stereocenters. The zero-order valence-electron chi connectivity index (χ0n) is 13.0. The van der Waals surface area contributed by atoms with Crippen LogP contribution in [0.15, 0.2) is 0 Å². The number of rotatable bonds is 5. The SMILES string of the molecule is CCS(=O)(=O)N1CCC(C(=O)N(C)C(C)(C)C(=O)O)CC1. The normalized spacial score (nSPS) is 18.5. The number of sulfonamides is 1. The second kappa shape index (κ2) is 6.31. The summed E-state index contributed by atoms with van der Waals surface area (Å²) in [5.41, 5.74) is -1.27. The monoisotopic (exact) mass is 320 g/mol. The Hall–Kier alpha value is -1.15. The standard InChI is InChI=1S/C13H24N2O5S/c1-5-21(19,20)15-8-6-10(7-9-15)11(16)14(4)13(2,3)12(17)18/h10H,5-9H2,1-4H3,(H,17,18). The number of carboxylic acids is 1. The van der Waals surface area contributed by atoms with Gasteiger partial charge in [0.05, 0.1) is 5.75 Å². The average molecular weight is 320 g/mol. The lowest BCUT2D eigenvalue weighted by molar-refractivity contribution is -0.157. The molecule has 1 heterocycles. The molecule has 0 saturated carbocycles. The number of hydrogen-bond donors (Lipinski definition) is 1. The maximum Gasteiger partial charge on any atom is 0.329 e. The third kappa shape index (κ3) is 3.74. The van der Waals surface area contributed by atoms with E-state index in [0.717, 1.165) is 0 Å². The Morgan fingerprint density at radius 2 is 1.76 bits per heavy atom. The summed E-state index contributed by atoms with van der Waals surface area (Å²) in [6.07, 6.45) is 0.857. The van der Waals surface area contributed by atoms with Crippen molar-refractivity contribution in [3.63, 3.8) is 0 Å². The number of hydrogen-bond acceptors (Lipinski definition) is 4. The van der Waals surface area contributed by atoms with E-state index in [1.54, 1.807) is 6.92 Å². The molecule has 0 aromatic rings. The highest BCUT2D eigenvalue weighted by atomic mass is 32.2. The smallest absolute Gasteiger partial charge is 0.329 e. The Labute approximate surface area is 126 Å². The second-order valence-corrected chi connectivity index (χ2v) is 8.09. The zero-order chi connectivity index (χ0) is 16.4. The Kier molecular flexibility index (Phi) is 5.38. The fraction of sp³-hybridized carbons (Fsp3) is 0.846. The molecule has 1 amide bonds. The predicted octanol–water partition coefficient (Wildman–Crippen LogP) is 0.370. The van der Waals surface area contributed by atoms with Gasteiger partial charge in [0, 0.05) is 26.1 Å². The summed E-state index contributed by atoms with van der Waals surface area (Å²) >= 11 is 0. The van der Waals surface area contributed by atoms with Gasteiger partial charge in [0.1, 0.15) is 5.54 Å². The lowest BCUT2D eigenvalue weighted by atomic mass is 9.94. The van der Waals surface area contributed by atoms with Crippen molar-refractivity contribution in [3.8, 4) is 0 Å². The highest BCUT2D eigenvalue weighted by molar-refractivity contribution is 7.89. The third-order valence-electron chi connectivity index (χ3n) is 4.25. The minimum Gasteiger partial charge on any atom is -0.480 e. The quantitative estimate of drug-likeness (QED) is 0.789. The van der Waals surface area contributed by atoms with Crippen LogP contribution in [0.2, 0.25) is 0 Å². The molecule has 1 N–H and O–H groups in total. The van der Waals surface area contributed by atoms with Gasteiger partial charge in [0.25, 0.3) is 0 Å². The summed E-state index contributed by atoms with van der Waals surface area (Å²) in [7, 11) is -1.74. The zero-order valence-corrected chi connectivity index (χ0v) is 13.8. The molecule has 1 aliphatic rings. The number of likely N-dealkylation sites (N-methyl/N-ethyl adjacent to an activating group) is 1. The lowest BCUT2D eigenvalue weighted by Crippen LogP contribution is -2.54. The van der Waals surface area contributed by atoms with Gasteiger partial charge in [-0.15, -0.1) is 0 Å². The molecule has 1 rings (SSSR count). The Morgan fingerprint density at radius 1 is 1.29 bits per heavy atom. The topological polar surface area (TPSA) is 95.0 Å². The summed E-state index contributed by atoms with van der Waals surface area (Å²) < 4.78 is 24.9. The van der Waals surface area contributed by atoms with Crippen molar-refractivity contribution in [2.24, 2.45) is 5.92 Å². The summed E-state index contributed by atoms with van der Waals surface area (Å²) in [6.45, 7) is 5.17. The number of carboxylic acid groups (broad SMARTS) is 1. The molecule has 0 aromatic carbocycles. The van der Waals surface area contributed by atoms with E-state index < -0.39 is 21.5 Å². The largest absolute Gasteiger partial charge is 0.480 e. The highest BCUT2D eigenvalue weighted by Gasteiger charge is 2.39. The van der Waals surface area contributed by atoms with Crippen LogP contribution >= 0.6 is 0 Å². The van der Waals surface area contributed by atoms with Gasteiger partial charge in [-0.25, -0.2) is 17.5 Å². The minimum absolute atomic E-state index is 0.0531. The van der Waals surface area contributed by atoms with E-state index >= 15 is 0 Å². The molecule has 21 heavy (non-hydrogen) atoms. The Morgan fingerprint density at radius 3 is 2.14 bits per heavy atom. The summed E-state index contributed by atoms with van der Waals surface area (Å²) in [5, 5.41) is 9.16. The van der Waals surface area contributed by atoms with E-state index in [2.05, 4.69) is 0 Å². The molecule has 0 aromatic heterocycles. The van der Waals surface area contributed by atoms with E-state index in [1.165, 1.54) is 30.1 Å². The van der Waals surface area contributed by atoms with Crippen LogP contribution in [0.5, 0.6) is 0 Å². The fourth-order valence-electron chi connectivity index (χ4n) is 2.26. The van der Waals surface area contributed by atoms with Gasteiger partial charge in [-0.05, 0) is 33.6 Å². The molecule has 1 saturated heterocycles. The van der Waals surface area contributed by atoms with Crippen LogP contribution in [0, 0.1) is 5.92 Å². The Balaban J connectivity index is 2.71. The summed E-state index contributed by atoms with van der Waals surface area (Å²) in [6, 6.07) is 0. The van der Waals surface area contributed by atoms with Crippen molar-refractivity contribution < 1.29 is 23.1 Å². The number of carbonyl (C=O) groups excluding carboxylic acids is 1. The van der Waals surface area contributed by atoms with Gasteiger partial charge in [0.2, 0.25) is 15.9 Å². The summed E-state index contributed by atoms with van der Waals surface area (Å²) in [5.74, 6) is -1.57. The molecule has 0 aliphatic carbocycles. The highest BCUT2D eigenvalue weighted by Crippen LogP contribution is 2.24. The predicted molar refractivity (Wildman–Crippen MR) is 78.2 cm³/mol. The van der Waals surface area contributed by atoms with Crippen molar-refractivity contribution in [2.75, 3.05) is 25.9 Å². The first-order valence-electron chi connectivity index (χ1n) is 7.03. The number of aliphatic carboxylic acids is 1. The van der Waals surface area contributed by atoms with Crippen molar-refractivity contribution >= 4 is 21.9 Å². The first kappa shape index (κ1) is 17.9. The van der Waals surface area contributed by atoms with Crippen molar-refractivity contribution in [1.29, 1.82) is 0 Å². The maximum absolute atomic E-state index is 12.4. The van der Waals surface area contributed by atoms with Gasteiger partial charge in [-0.2, -0.15) is 0 Å². The van der Waals surface area contributed by atoms with Crippen LogP contribution in [-0.4, -0.2) is 66.0 Å². The molecular weight excluding hydrogens is 296 g/mol. The van der Waals surface area contributed by atoms with Gasteiger partial charge in [0.15, 0.2) is 0 Å². The molecule has 1 aliphatic heterocycles. The first-order chi connectivity index (χ1) is 9.54. The lowest BCUT2D eigenvalue weighted by Gasteiger charge is -2.37. The molecule has 1 fully saturated rings. The average Bonchev–Trinajstić information content (AvgIpc) is 2.45. The van der Waals surface area contributed by atoms with Gasteiger partial charge < -0.3 is 10.0 Å². The molecular formula is C13H24N2O5S. The number of nitrogens with zero attached hydrogens (tertiary/aromatic N) is 2. The van der Waals surface area contributed by atoms with E-state index in [9.17, 15) is 18.0 Å². The minimum atomic E-state index is -3.22. The van der Waals surface area contributed by atoms with Crippen LogP contribution in [0.3, 0.4) is 0 Å². The van der Waals surface area contributed by atoms with Gasteiger partial charge in [-0.3, -0.25) is 4.79 Å². The molecule has 0 unspecified atom stereocenters. The third-order valence-corrected chi connectivity index (χ3v) is 6.14. The van der Waals surface area contributed by atoms with E-state index in [0.29, 0.717) is 25.9 Å². The Bertz CT molecular complexity index is 507. The molecule has 122 valence electrons.